The summed E-state index contributed by atoms with van der Waals surface area (Å²) in [6.07, 6.45) is 1.99. The molecule has 0 radical (unpaired) electrons. The maximum absolute atomic E-state index is 14.0. The Labute approximate surface area is 157 Å². The van der Waals surface area contributed by atoms with E-state index >= 15 is 0 Å². The number of amides is 1. The number of carbonyl (C=O) groups is 1. The van der Waals surface area contributed by atoms with Crippen molar-refractivity contribution in [2.24, 2.45) is 0 Å². The van der Waals surface area contributed by atoms with Gasteiger partial charge >= 0.3 is 0 Å². The van der Waals surface area contributed by atoms with Gasteiger partial charge in [-0.1, -0.05) is 15.9 Å². The van der Waals surface area contributed by atoms with Gasteiger partial charge in [0, 0.05) is 26.0 Å². The Kier molecular flexibility index (Phi) is 9.45. The molecule has 24 heavy (non-hydrogen) atoms. The molecule has 0 aromatic carbocycles. The van der Waals surface area contributed by atoms with Crippen LogP contribution in [-0.2, 0) is 4.79 Å². The van der Waals surface area contributed by atoms with Gasteiger partial charge in [-0.3, -0.25) is 4.79 Å². The first-order valence-electron chi connectivity index (χ1n) is 7.48. The number of hydrogen-bond acceptors (Lipinski definition) is 3. The number of halogens is 5. The Balaban J connectivity index is 0.000000640. The van der Waals surface area contributed by atoms with Gasteiger partial charge in [-0.25, -0.2) is 4.39 Å². The van der Waals surface area contributed by atoms with Gasteiger partial charge in [0.05, 0.1) is 4.87 Å². The second kappa shape index (κ2) is 9.32. The minimum Gasteiger partial charge on any atom is -0.327 e. The lowest BCUT2D eigenvalue weighted by atomic mass is 10.1. The highest BCUT2D eigenvalue weighted by Gasteiger charge is 2.51. The molecule has 1 heterocycles. The molecular formula is C14H27BrF4N2OS2. The zero-order chi connectivity index (χ0) is 19.3. The van der Waals surface area contributed by atoms with Gasteiger partial charge in [0.1, 0.15) is 10.9 Å². The highest BCUT2D eigenvalue weighted by Crippen LogP contribution is 2.54. The average Bonchev–Trinajstić information content (AvgIpc) is 2.61. The van der Waals surface area contributed by atoms with Crippen molar-refractivity contribution in [2.75, 3.05) is 26.0 Å². The van der Waals surface area contributed by atoms with Crippen LogP contribution in [0, 0.1) is 0 Å². The fraction of sp³-hybridized carbons (Fsp3) is 0.929. The van der Waals surface area contributed by atoms with E-state index in [0.29, 0.717) is 0 Å². The molecule has 10 heteroatoms. The summed E-state index contributed by atoms with van der Waals surface area (Å²) in [4.78, 5) is 13.7. The molecule has 146 valence electrons. The minimum absolute atomic E-state index is 0.0536. The fourth-order valence-electron chi connectivity index (χ4n) is 1.99. The van der Waals surface area contributed by atoms with E-state index < -0.39 is 22.3 Å². The van der Waals surface area contributed by atoms with Gasteiger partial charge in [0.25, 0.3) is 11.4 Å². The largest absolute Gasteiger partial charge is 0.327 e. The third-order valence-electron chi connectivity index (χ3n) is 3.35. The Morgan fingerprint density at radius 3 is 2.04 bits per heavy atom. The maximum atomic E-state index is 14.0. The Morgan fingerprint density at radius 2 is 1.75 bits per heavy atom. The van der Waals surface area contributed by atoms with Crippen molar-refractivity contribution < 1.29 is 20.8 Å². The minimum atomic E-state index is -4.91. The van der Waals surface area contributed by atoms with Crippen LogP contribution in [0.3, 0.4) is 0 Å². The van der Waals surface area contributed by atoms with Crippen molar-refractivity contribution in [1.29, 1.82) is 0 Å². The molecule has 1 amide bonds. The van der Waals surface area contributed by atoms with Gasteiger partial charge in [-0.15, -0.1) is 23.4 Å². The van der Waals surface area contributed by atoms with E-state index in [0.717, 1.165) is 38.8 Å². The van der Waals surface area contributed by atoms with Crippen molar-refractivity contribution in [3.05, 3.63) is 0 Å². The molecule has 1 unspecified atom stereocenters. The van der Waals surface area contributed by atoms with E-state index in [1.165, 1.54) is 25.6 Å². The summed E-state index contributed by atoms with van der Waals surface area (Å²) in [6, 6.07) is 0. The van der Waals surface area contributed by atoms with E-state index in [9.17, 15) is 20.8 Å². The Hall–Kier alpha value is 0.330. The quantitative estimate of drug-likeness (QED) is 0.297. The number of rotatable bonds is 6. The molecule has 0 saturated carbocycles. The van der Waals surface area contributed by atoms with Crippen molar-refractivity contribution in [1.82, 2.24) is 9.21 Å². The smallest absolute Gasteiger partial charge is 0.277 e. The van der Waals surface area contributed by atoms with E-state index in [1.807, 2.05) is 18.7 Å². The van der Waals surface area contributed by atoms with Crippen LogP contribution in [-0.4, -0.2) is 56.9 Å². The third kappa shape index (κ3) is 7.70. The van der Waals surface area contributed by atoms with Crippen LogP contribution in [0.25, 0.3) is 0 Å². The first kappa shape index (κ1) is 24.3. The summed E-state index contributed by atoms with van der Waals surface area (Å²) in [7, 11) is 1.99. The van der Waals surface area contributed by atoms with Crippen LogP contribution in [0.4, 0.5) is 16.0 Å². The average molecular weight is 459 g/mol. The summed E-state index contributed by atoms with van der Waals surface area (Å²) < 4.78 is 47.8. The predicted molar refractivity (Wildman–Crippen MR) is 100.0 cm³/mol. The van der Waals surface area contributed by atoms with Crippen molar-refractivity contribution in [3.63, 3.8) is 0 Å². The SMILES string of the molecule is CC(C)(F)C1SC(C)(C)N(CCCCBr)C1=O.CN(C)S(F)(F)F. The Bertz CT molecular complexity index is 415. The van der Waals surface area contributed by atoms with Gasteiger partial charge < -0.3 is 4.90 Å². The number of alkyl halides is 2. The molecule has 1 atom stereocenters. The highest BCUT2D eigenvalue weighted by molar-refractivity contribution is 9.09. The normalized spacial score (nSPS) is 21.8. The predicted octanol–water partition coefficient (Wildman–Crippen LogP) is 5.51. The van der Waals surface area contributed by atoms with Gasteiger partial charge in [-0.05, 0) is 40.5 Å². The van der Waals surface area contributed by atoms with E-state index in [1.54, 1.807) is 0 Å². The first-order valence-corrected chi connectivity index (χ1v) is 10.8. The van der Waals surface area contributed by atoms with Crippen molar-refractivity contribution >= 4 is 45.0 Å². The lowest BCUT2D eigenvalue weighted by Crippen LogP contribution is -2.43. The zero-order valence-corrected chi connectivity index (χ0v) is 18.1. The number of carbonyl (C=O) groups excluding carboxylic acids is 1. The summed E-state index contributed by atoms with van der Waals surface area (Å²) in [5.74, 6) is -0.0536. The standard InChI is InChI=1S/C12H21BrFNOS.C2H6F3NS/c1-11(2,14)9-10(16)15(8-6-5-7-13)12(3,4)17-9;1-6(2)7(3,4)5/h9H,5-8H2,1-4H3;1-2H3. The topological polar surface area (TPSA) is 23.6 Å². The molecule has 1 aliphatic rings. The van der Waals surface area contributed by atoms with Gasteiger partial charge in [-0.2, -0.15) is 4.31 Å². The van der Waals surface area contributed by atoms with Crippen LogP contribution in [0.15, 0.2) is 0 Å². The summed E-state index contributed by atoms with van der Waals surface area (Å²) in [5, 5.41) is 0.377. The number of unbranched alkanes of at least 4 members (excludes halogenated alkanes) is 1. The second-order valence-corrected chi connectivity index (χ2v) is 10.6. The van der Waals surface area contributed by atoms with Crippen LogP contribution < -0.4 is 0 Å². The van der Waals surface area contributed by atoms with Crippen molar-refractivity contribution in [2.45, 2.75) is 56.3 Å². The number of hydrogen-bond donors (Lipinski definition) is 0. The molecule has 0 aromatic rings. The van der Waals surface area contributed by atoms with Crippen molar-refractivity contribution in [3.8, 4) is 0 Å². The Morgan fingerprint density at radius 1 is 1.29 bits per heavy atom. The fourth-order valence-corrected chi connectivity index (χ4v) is 3.78. The monoisotopic (exact) mass is 458 g/mol. The van der Waals surface area contributed by atoms with Crippen LogP contribution >= 0.6 is 39.1 Å². The second-order valence-electron chi connectivity index (χ2n) is 6.59. The summed E-state index contributed by atoms with van der Waals surface area (Å²) in [6.45, 7) is 7.68. The highest BCUT2D eigenvalue weighted by atomic mass is 79.9. The molecule has 1 saturated heterocycles. The molecule has 1 aliphatic heterocycles. The van der Waals surface area contributed by atoms with Crippen LogP contribution in [0.2, 0.25) is 0 Å². The van der Waals surface area contributed by atoms with Crippen LogP contribution in [0.1, 0.15) is 40.5 Å². The molecule has 3 nitrogen and oxygen atoms in total. The molecule has 0 N–H and O–H groups in total. The molecule has 0 aliphatic carbocycles. The van der Waals surface area contributed by atoms with E-state index in [-0.39, 0.29) is 15.1 Å². The maximum Gasteiger partial charge on any atom is 0.277 e. The molecule has 0 bridgehead atoms. The molecule has 0 spiro atoms. The summed E-state index contributed by atoms with van der Waals surface area (Å²) in [5.41, 5.74) is -1.46. The van der Waals surface area contributed by atoms with Crippen LogP contribution in [0.5, 0.6) is 0 Å². The zero-order valence-electron chi connectivity index (χ0n) is 14.9. The number of nitrogens with zero attached hydrogens (tertiary/aromatic N) is 2. The first-order chi connectivity index (χ1) is 10.6. The number of thioether (sulfide) groups is 1. The lowest BCUT2D eigenvalue weighted by Gasteiger charge is -2.30. The molecule has 1 fully saturated rings. The van der Waals surface area contributed by atoms with E-state index in [4.69, 9.17) is 0 Å². The molecule has 0 aromatic heterocycles. The molecule has 1 rings (SSSR count). The third-order valence-corrected chi connectivity index (χ3v) is 6.53. The van der Waals surface area contributed by atoms with E-state index in [2.05, 4.69) is 15.9 Å². The summed E-state index contributed by atoms with van der Waals surface area (Å²) >= 11 is -0.0911. The molecular weight excluding hydrogens is 432 g/mol. The lowest BCUT2D eigenvalue weighted by molar-refractivity contribution is -0.133. The van der Waals surface area contributed by atoms with Gasteiger partial charge in [0.2, 0.25) is 5.91 Å². The van der Waals surface area contributed by atoms with Gasteiger partial charge in [0.15, 0.2) is 0 Å².